The average Bonchev–Trinajstić information content (AvgIpc) is 3.02. The van der Waals surface area contributed by atoms with E-state index in [1.54, 1.807) is 11.8 Å². The molecule has 144 valence electrons. The van der Waals surface area contributed by atoms with Crippen LogP contribution in [0.4, 0.5) is 0 Å². The van der Waals surface area contributed by atoms with Crippen molar-refractivity contribution < 1.29 is 4.79 Å². The van der Waals surface area contributed by atoms with Crippen LogP contribution in [0.15, 0.2) is 83.3 Å². The van der Waals surface area contributed by atoms with Crippen molar-refractivity contribution in [3.63, 3.8) is 0 Å². The average molecular weight is 397 g/mol. The van der Waals surface area contributed by atoms with E-state index in [1.165, 1.54) is 22.3 Å². The van der Waals surface area contributed by atoms with E-state index >= 15 is 0 Å². The molecule has 1 aliphatic heterocycles. The lowest BCUT2D eigenvalue weighted by atomic mass is 9.97. The maximum absolute atomic E-state index is 13.3. The smallest absolute Gasteiger partial charge is 0.196 e. The molecule has 0 radical (unpaired) electrons. The predicted molar refractivity (Wildman–Crippen MR) is 125 cm³/mol. The Morgan fingerprint density at radius 1 is 0.655 bits per heavy atom. The molecule has 0 aliphatic carbocycles. The molecule has 0 bridgehead atoms. The van der Waals surface area contributed by atoms with Crippen molar-refractivity contribution in [3.05, 3.63) is 117 Å². The molecule has 29 heavy (non-hydrogen) atoms. The number of carbonyl (C=O) groups is 1. The van der Waals surface area contributed by atoms with Gasteiger partial charge in [-0.1, -0.05) is 89.5 Å². The third kappa shape index (κ3) is 4.44. The van der Waals surface area contributed by atoms with E-state index in [0.29, 0.717) is 0 Å². The highest BCUT2D eigenvalue weighted by Crippen LogP contribution is 2.50. The highest BCUT2D eigenvalue weighted by Gasteiger charge is 2.34. The van der Waals surface area contributed by atoms with Gasteiger partial charge in [0.2, 0.25) is 0 Å². The molecule has 1 fully saturated rings. The van der Waals surface area contributed by atoms with Crippen molar-refractivity contribution in [3.8, 4) is 0 Å². The van der Waals surface area contributed by atoms with Crippen LogP contribution in [0.2, 0.25) is 0 Å². The molecule has 0 spiro atoms. The minimum absolute atomic E-state index is 0.0149. The molecule has 0 amide bonds. The number of carbonyl (C=O) groups excluding carboxylic acids is 1. The molecule has 1 saturated heterocycles. The number of ketones is 1. The fourth-order valence-corrected chi connectivity index (χ4v) is 4.67. The highest BCUT2D eigenvalue weighted by atomic mass is 32.2. The Hall–Kier alpha value is -2.84. The Labute approximate surface area is 177 Å². The summed E-state index contributed by atoms with van der Waals surface area (Å²) in [6.07, 6.45) is 4.07. The van der Waals surface area contributed by atoms with Gasteiger partial charge in [0.05, 0.1) is 10.2 Å². The van der Waals surface area contributed by atoms with E-state index in [-0.39, 0.29) is 11.0 Å². The number of benzene rings is 3. The van der Waals surface area contributed by atoms with Gasteiger partial charge in [-0.3, -0.25) is 4.79 Å². The van der Waals surface area contributed by atoms with Crippen molar-refractivity contribution in [2.24, 2.45) is 0 Å². The van der Waals surface area contributed by atoms with Gasteiger partial charge in [0.15, 0.2) is 5.78 Å². The summed E-state index contributed by atoms with van der Waals surface area (Å²) in [6, 6.07) is 25.1. The minimum atomic E-state index is 0.0149. The van der Waals surface area contributed by atoms with Crippen molar-refractivity contribution in [1.82, 2.24) is 0 Å². The van der Waals surface area contributed by atoms with Crippen LogP contribution in [-0.4, -0.2) is 5.78 Å². The van der Waals surface area contributed by atoms with E-state index in [1.807, 2.05) is 6.08 Å². The summed E-state index contributed by atoms with van der Waals surface area (Å²) >= 11 is 1.65. The van der Waals surface area contributed by atoms with Gasteiger partial charge in [0, 0.05) is 5.57 Å². The molecule has 1 atom stereocenters. The largest absolute Gasteiger partial charge is 0.288 e. The van der Waals surface area contributed by atoms with Crippen LogP contribution in [-0.2, 0) is 4.79 Å². The van der Waals surface area contributed by atoms with E-state index in [4.69, 9.17) is 0 Å². The molecule has 0 saturated carbocycles. The van der Waals surface area contributed by atoms with E-state index in [2.05, 4.69) is 99.6 Å². The van der Waals surface area contributed by atoms with Crippen LogP contribution in [0, 0.1) is 20.8 Å². The zero-order valence-corrected chi connectivity index (χ0v) is 17.8. The zero-order valence-electron chi connectivity index (χ0n) is 17.0. The van der Waals surface area contributed by atoms with Crippen molar-refractivity contribution in [2.75, 3.05) is 0 Å². The fourth-order valence-electron chi connectivity index (χ4n) is 3.39. The summed E-state index contributed by atoms with van der Waals surface area (Å²) in [6.45, 7) is 6.23. The third-order valence-electron chi connectivity index (χ3n) is 5.17. The zero-order chi connectivity index (χ0) is 20.4. The van der Waals surface area contributed by atoms with Crippen molar-refractivity contribution in [1.29, 1.82) is 0 Å². The number of hydrogen-bond acceptors (Lipinski definition) is 2. The summed E-state index contributed by atoms with van der Waals surface area (Å²) in [4.78, 5) is 14.1. The second kappa shape index (κ2) is 8.26. The second-order valence-electron chi connectivity index (χ2n) is 7.67. The highest BCUT2D eigenvalue weighted by molar-refractivity contribution is 8.05. The van der Waals surface area contributed by atoms with Crippen LogP contribution >= 0.6 is 11.8 Å². The molecule has 1 nitrogen and oxygen atoms in total. The first kappa shape index (κ1) is 19.5. The topological polar surface area (TPSA) is 17.1 Å². The molecule has 0 aromatic heterocycles. The molecule has 4 rings (SSSR count). The van der Waals surface area contributed by atoms with E-state index in [0.717, 1.165) is 21.6 Å². The van der Waals surface area contributed by atoms with Crippen LogP contribution in [0.25, 0.3) is 12.2 Å². The number of aryl methyl sites for hydroxylation is 3. The Balaban J connectivity index is 1.76. The first-order chi connectivity index (χ1) is 14.0. The van der Waals surface area contributed by atoms with Gasteiger partial charge in [0.1, 0.15) is 0 Å². The lowest BCUT2D eigenvalue weighted by Crippen LogP contribution is -2.00. The standard InChI is InChI=1S/C27H24OS/c1-18-4-10-21(11-5-18)16-24-26(28)25(17-22-12-6-19(2)7-13-22)29-27(24)23-14-8-20(3)9-15-23/h4-17,27H,1-3H3/b24-16+,25-17+. The Morgan fingerprint density at radius 2 is 1.10 bits per heavy atom. The predicted octanol–water partition coefficient (Wildman–Crippen LogP) is 7.09. The maximum atomic E-state index is 13.3. The van der Waals surface area contributed by atoms with Gasteiger partial charge in [-0.15, -0.1) is 11.8 Å². The summed E-state index contributed by atoms with van der Waals surface area (Å²) in [5.41, 5.74) is 7.80. The van der Waals surface area contributed by atoms with Gasteiger partial charge >= 0.3 is 0 Å². The summed E-state index contributed by atoms with van der Waals surface area (Å²) in [5.74, 6) is 0.127. The molecule has 1 heterocycles. The fraction of sp³-hybridized carbons (Fsp3) is 0.148. The number of rotatable bonds is 3. The lowest BCUT2D eigenvalue weighted by Gasteiger charge is -2.11. The third-order valence-corrected chi connectivity index (χ3v) is 6.49. The van der Waals surface area contributed by atoms with Gasteiger partial charge < -0.3 is 0 Å². The van der Waals surface area contributed by atoms with Crippen LogP contribution in [0.5, 0.6) is 0 Å². The molecule has 3 aromatic carbocycles. The monoisotopic (exact) mass is 396 g/mol. The van der Waals surface area contributed by atoms with Gasteiger partial charge in [-0.25, -0.2) is 0 Å². The van der Waals surface area contributed by atoms with Crippen LogP contribution in [0.3, 0.4) is 0 Å². The van der Waals surface area contributed by atoms with E-state index in [9.17, 15) is 4.79 Å². The summed E-state index contributed by atoms with van der Waals surface area (Å²) < 4.78 is 0. The van der Waals surface area contributed by atoms with Gasteiger partial charge in [-0.05, 0) is 49.6 Å². The number of thioether (sulfide) groups is 1. The van der Waals surface area contributed by atoms with Gasteiger partial charge in [0.25, 0.3) is 0 Å². The van der Waals surface area contributed by atoms with Crippen LogP contribution < -0.4 is 0 Å². The Morgan fingerprint density at radius 3 is 1.62 bits per heavy atom. The first-order valence-electron chi connectivity index (χ1n) is 9.84. The summed E-state index contributed by atoms with van der Waals surface area (Å²) in [5, 5.41) is 0.0149. The molecule has 1 aliphatic rings. The SMILES string of the molecule is Cc1ccc(/C=C2/SC(c3ccc(C)cc3)/C(=C/c3ccc(C)cc3)C2=O)cc1. The Bertz CT molecular complexity index is 1080. The number of hydrogen-bond donors (Lipinski definition) is 0. The molecule has 3 aromatic rings. The van der Waals surface area contributed by atoms with Gasteiger partial charge in [-0.2, -0.15) is 0 Å². The lowest BCUT2D eigenvalue weighted by molar-refractivity contribution is -0.111. The quantitative estimate of drug-likeness (QED) is 0.439. The normalized spacial score (nSPS) is 19.3. The van der Waals surface area contributed by atoms with Crippen molar-refractivity contribution >= 4 is 29.7 Å². The molecular weight excluding hydrogens is 372 g/mol. The van der Waals surface area contributed by atoms with E-state index < -0.39 is 0 Å². The second-order valence-corrected chi connectivity index (χ2v) is 8.81. The molecular formula is C27H24OS. The molecule has 1 unspecified atom stereocenters. The minimum Gasteiger partial charge on any atom is -0.288 e. The molecule has 2 heteroatoms. The summed E-state index contributed by atoms with van der Waals surface area (Å²) in [7, 11) is 0. The number of Topliss-reactive ketones (excluding diaryl/α,β-unsaturated/α-hetero) is 1. The van der Waals surface area contributed by atoms with Crippen LogP contribution in [0.1, 0.15) is 38.6 Å². The number of allylic oxidation sites excluding steroid dienone is 1. The van der Waals surface area contributed by atoms with Crippen molar-refractivity contribution in [2.45, 2.75) is 26.0 Å². The first-order valence-corrected chi connectivity index (χ1v) is 10.7. The molecule has 0 N–H and O–H groups in total. The Kier molecular flexibility index (Phi) is 5.55. The maximum Gasteiger partial charge on any atom is 0.196 e.